The van der Waals surface area contributed by atoms with Crippen LogP contribution in [0.5, 0.6) is 5.88 Å². The maximum Gasteiger partial charge on any atom is 0.408 e. The average Bonchev–Trinajstić information content (AvgIpc) is 3.25. The minimum absolute atomic E-state index is 0.125. The highest BCUT2D eigenvalue weighted by Crippen LogP contribution is 2.37. The first-order valence-electron chi connectivity index (χ1n) is 12.8. The largest absolute Gasteiger partial charge is 0.475 e. The van der Waals surface area contributed by atoms with Crippen LogP contribution in [0.4, 0.5) is 35.3 Å². The van der Waals surface area contributed by atoms with Gasteiger partial charge in [-0.3, -0.25) is 15.0 Å². The monoisotopic (exact) mass is 566 g/mol. The van der Waals surface area contributed by atoms with Crippen molar-refractivity contribution in [3.05, 3.63) is 24.4 Å². The normalized spacial score (nSPS) is 22.4. The topological polar surface area (TPSA) is 144 Å². The van der Waals surface area contributed by atoms with Gasteiger partial charge in [-0.05, 0) is 33.6 Å². The number of fused-ring (bicyclic) bond motifs is 4. The fourth-order valence-corrected chi connectivity index (χ4v) is 4.72. The molecule has 2 aromatic heterocycles. The van der Waals surface area contributed by atoms with Crippen molar-refractivity contribution in [1.29, 1.82) is 0 Å². The molecule has 2 unspecified atom stereocenters. The first-order valence-corrected chi connectivity index (χ1v) is 12.8. The third kappa shape index (κ3) is 6.01. The molecule has 0 aliphatic carbocycles. The molecule has 40 heavy (non-hydrogen) atoms. The average molecular weight is 567 g/mol. The first kappa shape index (κ1) is 27.8. The Balaban J connectivity index is 1.33. The lowest BCUT2D eigenvalue weighted by atomic mass is 10.0. The second-order valence-corrected chi connectivity index (χ2v) is 10.2. The van der Waals surface area contributed by atoms with Gasteiger partial charge in [-0.1, -0.05) is 0 Å². The molecule has 2 aromatic rings. The number of ether oxygens (including phenoxy) is 3. The van der Waals surface area contributed by atoms with Crippen molar-refractivity contribution in [3.63, 3.8) is 0 Å². The summed E-state index contributed by atoms with van der Waals surface area (Å²) in [5, 5.41) is 4.56. The van der Waals surface area contributed by atoms with Crippen molar-refractivity contribution in [3.8, 4) is 5.88 Å². The molecule has 13 nitrogen and oxygen atoms in total. The van der Waals surface area contributed by atoms with Crippen LogP contribution in [-0.4, -0.2) is 88.3 Å². The van der Waals surface area contributed by atoms with Crippen molar-refractivity contribution in [2.45, 2.75) is 63.8 Å². The number of carbonyl (C=O) groups excluding carboxylic acids is 2. The number of hydrogen-bond donors (Lipinski definition) is 2. The van der Waals surface area contributed by atoms with Crippen LogP contribution in [0, 0.1) is 0 Å². The summed E-state index contributed by atoms with van der Waals surface area (Å²) >= 11 is 0. The van der Waals surface area contributed by atoms with Crippen LogP contribution in [0.2, 0.25) is 0 Å². The van der Waals surface area contributed by atoms with E-state index in [9.17, 15) is 22.8 Å². The molecule has 2 fully saturated rings. The van der Waals surface area contributed by atoms with Gasteiger partial charge in [0.25, 0.3) is 5.91 Å². The Labute approximate surface area is 227 Å². The SMILES string of the molecule is CC(NC(=O)c1ncc2c(n1)N(C(=O)Nc1cc(OCC3COC(C)(C)O3)ncn1)[C@H]1CCCN2C1)C(F)(F)F. The molecule has 16 heteroatoms. The smallest absolute Gasteiger partial charge is 0.408 e. The molecule has 3 aliphatic rings. The van der Waals surface area contributed by atoms with Gasteiger partial charge in [-0.2, -0.15) is 13.2 Å². The zero-order valence-corrected chi connectivity index (χ0v) is 22.1. The zero-order valence-electron chi connectivity index (χ0n) is 22.1. The molecule has 216 valence electrons. The number of anilines is 3. The maximum absolute atomic E-state index is 13.5. The van der Waals surface area contributed by atoms with Crippen LogP contribution >= 0.6 is 0 Å². The molecule has 5 rings (SSSR count). The number of aromatic nitrogens is 4. The number of amides is 3. The van der Waals surface area contributed by atoms with E-state index in [2.05, 4.69) is 25.3 Å². The number of nitrogens with zero attached hydrogens (tertiary/aromatic N) is 6. The van der Waals surface area contributed by atoms with E-state index in [0.29, 0.717) is 31.8 Å². The summed E-state index contributed by atoms with van der Waals surface area (Å²) in [7, 11) is 0. The molecule has 0 radical (unpaired) electrons. The highest BCUT2D eigenvalue weighted by Gasteiger charge is 2.41. The van der Waals surface area contributed by atoms with Crippen LogP contribution < -0.4 is 25.2 Å². The molecule has 0 aromatic carbocycles. The van der Waals surface area contributed by atoms with Crippen LogP contribution in [0.3, 0.4) is 0 Å². The third-order valence-electron chi connectivity index (χ3n) is 6.70. The van der Waals surface area contributed by atoms with Gasteiger partial charge in [0.2, 0.25) is 11.7 Å². The van der Waals surface area contributed by atoms with Gasteiger partial charge < -0.3 is 24.4 Å². The minimum atomic E-state index is -4.63. The van der Waals surface area contributed by atoms with E-state index in [4.69, 9.17) is 14.2 Å². The lowest BCUT2D eigenvalue weighted by Crippen LogP contribution is -2.56. The number of piperidine rings is 1. The third-order valence-corrected chi connectivity index (χ3v) is 6.70. The van der Waals surface area contributed by atoms with Crippen LogP contribution in [0.1, 0.15) is 44.2 Å². The Bertz CT molecular complexity index is 1280. The summed E-state index contributed by atoms with van der Waals surface area (Å²) in [5.74, 6) is -1.78. The van der Waals surface area contributed by atoms with Crippen molar-refractivity contribution in [2.75, 3.05) is 41.4 Å². The summed E-state index contributed by atoms with van der Waals surface area (Å²) in [6, 6.07) is -1.52. The Morgan fingerprint density at radius 2 is 2.08 bits per heavy atom. The Morgan fingerprint density at radius 3 is 2.80 bits per heavy atom. The van der Waals surface area contributed by atoms with Gasteiger partial charge >= 0.3 is 12.2 Å². The van der Waals surface area contributed by atoms with Gasteiger partial charge in [0.05, 0.1) is 24.5 Å². The van der Waals surface area contributed by atoms with Gasteiger partial charge in [0, 0.05) is 19.2 Å². The zero-order chi connectivity index (χ0) is 28.7. The molecule has 2 N–H and O–H groups in total. The second-order valence-electron chi connectivity index (χ2n) is 10.2. The van der Waals surface area contributed by atoms with E-state index in [1.165, 1.54) is 23.5 Å². The fraction of sp³-hybridized carbons (Fsp3) is 0.583. The number of rotatable bonds is 6. The molecule has 0 saturated carbocycles. The van der Waals surface area contributed by atoms with E-state index in [1.807, 2.05) is 10.2 Å². The molecule has 2 saturated heterocycles. The van der Waals surface area contributed by atoms with Gasteiger partial charge in [-0.15, -0.1) is 0 Å². The molecule has 3 aliphatic heterocycles. The van der Waals surface area contributed by atoms with Crippen molar-refractivity contribution in [1.82, 2.24) is 25.3 Å². The van der Waals surface area contributed by atoms with Crippen LogP contribution in [0.25, 0.3) is 0 Å². The maximum atomic E-state index is 13.5. The molecule has 5 heterocycles. The van der Waals surface area contributed by atoms with E-state index < -0.39 is 35.8 Å². The molecular weight excluding hydrogens is 537 g/mol. The standard InChI is InChI=1S/C24H29F3N8O5/c1-13(24(25,26)27)31-21(36)19-28-8-16-20(33-19)35(14-5-4-6-34(16)9-14)22(37)32-17-7-18(30-12-29-17)38-10-15-11-39-23(2,3)40-15/h7-8,12-15H,4-6,9-11H2,1-3H3,(H,31,36)(H,29,30,32,37)/t13?,14-,15?/m0/s1. The number of hydrogen-bond acceptors (Lipinski definition) is 10. The number of nitrogens with one attached hydrogen (secondary N) is 2. The summed E-state index contributed by atoms with van der Waals surface area (Å²) in [4.78, 5) is 45.8. The van der Waals surface area contributed by atoms with Crippen LogP contribution in [0.15, 0.2) is 18.6 Å². The molecule has 3 amide bonds. The quantitative estimate of drug-likeness (QED) is 0.535. The molecule has 2 bridgehead atoms. The summed E-state index contributed by atoms with van der Waals surface area (Å²) in [5.41, 5.74) is 0.500. The predicted octanol–water partition coefficient (Wildman–Crippen LogP) is 2.50. The van der Waals surface area contributed by atoms with E-state index in [-0.39, 0.29) is 36.3 Å². The number of alkyl halides is 3. The fourth-order valence-electron chi connectivity index (χ4n) is 4.72. The predicted molar refractivity (Wildman–Crippen MR) is 134 cm³/mol. The Morgan fingerprint density at radius 1 is 1.27 bits per heavy atom. The van der Waals surface area contributed by atoms with Gasteiger partial charge in [0.15, 0.2) is 11.6 Å². The van der Waals surface area contributed by atoms with Gasteiger partial charge in [-0.25, -0.2) is 24.7 Å². The van der Waals surface area contributed by atoms with Crippen molar-refractivity contribution >= 4 is 29.3 Å². The minimum Gasteiger partial charge on any atom is -0.475 e. The molecule has 3 atom stereocenters. The first-order chi connectivity index (χ1) is 18.9. The van der Waals surface area contributed by atoms with E-state index in [1.54, 1.807) is 13.8 Å². The molecular formula is C24H29F3N8O5. The van der Waals surface area contributed by atoms with Gasteiger partial charge in [0.1, 0.15) is 30.9 Å². The lowest BCUT2D eigenvalue weighted by Gasteiger charge is -2.45. The Hall–Kier alpha value is -3.79. The number of carbonyl (C=O) groups is 2. The summed E-state index contributed by atoms with van der Waals surface area (Å²) in [6.45, 7) is 6.18. The highest BCUT2D eigenvalue weighted by atomic mass is 19.4. The Kier molecular flexibility index (Phi) is 7.39. The van der Waals surface area contributed by atoms with Crippen LogP contribution in [-0.2, 0) is 9.47 Å². The second kappa shape index (κ2) is 10.6. The van der Waals surface area contributed by atoms with E-state index in [0.717, 1.165) is 13.3 Å². The summed E-state index contributed by atoms with van der Waals surface area (Å²) < 4.78 is 55.8. The van der Waals surface area contributed by atoms with E-state index >= 15 is 0 Å². The summed E-state index contributed by atoms with van der Waals surface area (Å²) in [6.07, 6.45) is -0.865. The highest BCUT2D eigenvalue weighted by molar-refractivity contribution is 6.04. The number of urea groups is 1. The van der Waals surface area contributed by atoms with Crippen molar-refractivity contribution in [2.24, 2.45) is 0 Å². The van der Waals surface area contributed by atoms with Crippen molar-refractivity contribution < 1.29 is 37.0 Å². The molecule has 0 spiro atoms. The number of halogens is 3. The lowest BCUT2D eigenvalue weighted by molar-refractivity contribution is -0.149.